The van der Waals surface area contributed by atoms with E-state index in [-0.39, 0.29) is 11.3 Å². The van der Waals surface area contributed by atoms with Crippen LogP contribution >= 0.6 is 0 Å². The maximum absolute atomic E-state index is 14.4. The van der Waals surface area contributed by atoms with Gasteiger partial charge in [0, 0.05) is 47.9 Å². The number of hydrogen-bond acceptors (Lipinski definition) is 6. The lowest BCUT2D eigenvalue weighted by atomic mass is 10.0. The third-order valence-electron chi connectivity index (χ3n) is 5.14. The molecule has 4 rings (SSSR count). The van der Waals surface area contributed by atoms with Gasteiger partial charge in [-0.25, -0.2) is 4.98 Å². The molecule has 0 saturated carbocycles. The summed E-state index contributed by atoms with van der Waals surface area (Å²) in [5.74, 6) is -1.35. The van der Waals surface area contributed by atoms with E-state index < -0.39 is 23.7 Å². The van der Waals surface area contributed by atoms with E-state index in [1.165, 1.54) is 18.5 Å². The molecule has 11 heteroatoms. The molecule has 1 aliphatic heterocycles. The fraction of sp³-hybridized carbons (Fsp3) is 0.273. The van der Waals surface area contributed by atoms with E-state index in [1.54, 1.807) is 19.1 Å². The minimum atomic E-state index is -4.66. The first-order valence-corrected chi connectivity index (χ1v) is 10.0. The molecule has 0 unspecified atom stereocenters. The van der Waals surface area contributed by atoms with E-state index in [4.69, 9.17) is 4.74 Å². The van der Waals surface area contributed by atoms with Gasteiger partial charge in [-0.05, 0) is 31.2 Å². The fourth-order valence-corrected chi connectivity index (χ4v) is 3.43. The summed E-state index contributed by atoms with van der Waals surface area (Å²) < 4.78 is 58.4. The Morgan fingerprint density at radius 2 is 1.85 bits per heavy atom. The van der Waals surface area contributed by atoms with Gasteiger partial charge in [0.2, 0.25) is 5.95 Å². The van der Waals surface area contributed by atoms with Gasteiger partial charge >= 0.3 is 6.18 Å². The first-order valence-electron chi connectivity index (χ1n) is 10.0. The van der Waals surface area contributed by atoms with Crippen molar-refractivity contribution in [1.29, 1.82) is 0 Å². The highest BCUT2D eigenvalue weighted by atomic mass is 19.4. The molecule has 3 aromatic rings. The van der Waals surface area contributed by atoms with Gasteiger partial charge in [0.25, 0.3) is 5.91 Å². The Morgan fingerprint density at radius 1 is 1.09 bits per heavy atom. The summed E-state index contributed by atoms with van der Waals surface area (Å²) >= 11 is 0. The zero-order chi connectivity index (χ0) is 23.6. The second-order valence-electron chi connectivity index (χ2n) is 7.37. The lowest BCUT2D eigenvalue weighted by Gasteiger charge is -2.29. The molecule has 0 aromatic carbocycles. The zero-order valence-electron chi connectivity index (χ0n) is 17.5. The van der Waals surface area contributed by atoms with Crippen molar-refractivity contribution in [2.24, 2.45) is 0 Å². The lowest BCUT2D eigenvalue weighted by molar-refractivity contribution is -0.141. The van der Waals surface area contributed by atoms with Crippen LogP contribution in [0.4, 0.5) is 28.9 Å². The highest BCUT2D eigenvalue weighted by Gasteiger charge is 2.33. The molecule has 33 heavy (non-hydrogen) atoms. The molecule has 172 valence electrons. The summed E-state index contributed by atoms with van der Waals surface area (Å²) in [4.78, 5) is 25.7. The molecule has 1 N–H and O–H groups in total. The Kier molecular flexibility index (Phi) is 6.23. The van der Waals surface area contributed by atoms with Gasteiger partial charge in [0.05, 0.1) is 30.8 Å². The minimum Gasteiger partial charge on any atom is -0.378 e. The number of morpholine rings is 1. The van der Waals surface area contributed by atoms with Crippen molar-refractivity contribution >= 4 is 17.3 Å². The van der Waals surface area contributed by atoms with E-state index in [9.17, 15) is 22.4 Å². The summed E-state index contributed by atoms with van der Waals surface area (Å²) in [6.45, 7) is 3.77. The van der Waals surface area contributed by atoms with Crippen molar-refractivity contribution in [3.05, 3.63) is 65.8 Å². The number of alkyl halides is 3. The minimum absolute atomic E-state index is 0.197. The number of pyridine rings is 3. The maximum Gasteiger partial charge on any atom is 0.433 e. The number of nitrogens with one attached hydrogen (secondary N) is 1. The number of ether oxygens (including phenoxy) is 1. The second-order valence-corrected chi connectivity index (χ2v) is 7.37. The van der Waals surface area contributed by atoms with E-state index in [0.717, 1.165) is 6.20 Å². The van der Waals surface area contributed by atoms with Crippen LogP contribution in [0.1, 0.15) is 21.7 Å². The number of anilines is 2. The molecular weight excluding hydrogens is 442 g/mol. The predicted molar refractivity (Wildman–Crippen MR) is 112 cm³/mol. The molecule has 1 aliphatic rings. The van der Waals surface area contributed by atoms with Crippen LogP contribution in [0, 0.1) is 12.9 Å². The van der Waals surface area contributed by atoms with Gasteiger partial charge in [-0.2, -0.15) is 17.6 Å². The maximum atomic E-state index is 14.4. The molecule has 1 fully saturated rings. The summed E-state index contributed by atoms with van der Waals surface area (Å²) in [5, 5.41) is 2.55. The number of rotatable bonds is 4. The van der Waals surface area contributed by atoms with E-state index in [2.05, 4.69) is 20.3 Å². The number of nitrogens with zero attached hydrogens (tertiary/aromatic N) is 4. The second kappa shape index (κ2) is 9.10. The number of carbonyl (C=O) groups is 1. The van der Waals surface area contributed by atoms with Crippen molar-refractivity contribution in [3.8, 4) is 11.1 Å². The van der Waals surface area contributed by atoms with Crippen LogP contribution in [0.5, 0.6) is 0 Å². The molecule has 0 radical (unpaired) electrons. The molecule has 0 bridgehead atoms. The number of halogens is 4. The van der Waals surface area contributed by atoms with Crippen LogP contribution in [0.15, 0.2) is 42.9 Å². The van der Waals surface area contributed by atoms with Crippen molar-refractivity contribution in [2.45, 2.75) is 13.1 Å². The van der Waals surface area contributed by atoms with Crippen LogP contribution in [-0.4, -0.2) is 47.2 Å². The van der Waals surface area contributed by atoms with Gasteiger partial charge < -0.3 is 15.0 Å². The lowest BCUT2D eigenvalue weighted by Crippen LogP contribution is -2.36. The number of carbonyl (C=O) groups excluding carboxylic acids is 1. The zero-order valence-corrected chi connectivity index (χ0v) is 17.5. The van der Waals surface area contributed by atoms with Gasteiger partial charge in [-0.1, -0.05) is 0 Å². The Bertz CT molecular complexity index is 1180. The molecule has 4 heterocycles. The van der Waals surface area contributed by atoms with Crippen molar-refractivity contribution in [1.82, 2.24) is 15.0 Å². The van der Waals surface area contributed by atoms with Crippen LogP contribution in [0.25, 0.3) is 11.1 Å². The number of amides is 1. The number of aryl methyl sites for hydroxylation is 1. The summed E-state index contributed by atoms with van der Waals surface area (Å²) in [7, 11) is 0. The van der Waals surface area contributed by atoms with Crippen LogP contribution in [-0.2, 0) is 10.9 Å². The van der Waals surface area contributed by atoms with E-state index in [0.29, 0.717) is 54.9 Å². The third-order valence-corrected chi connectivity index (χ3v) is 5.14. The van der Waals surface area contributed by atoms with Crippen molar-refractivity contribution < 1.29 is 27.1 Å². The first kappa shape index (κ1) is 22.6. The Balaban J connectivity index is 1.61. The Morgan fingerprint density at radius 3 is 2.58 bits per heavy atom. The third kappa shape index (κ3) is 5.08. The smallest absolute Gasteiger partial charge is 0.378 e. The molecule has 0 spiro atoms. The first-order chi connectivity index (χ1) is 15.7. The van der Waals surface area contributed by atoms with Crippen molar-refractivity contribution in [2.75, 3.05) is 36.5 Å². The quantitative estimate of drug-likeness (QED) is 0.466. The fourth-order valence-electron chi connectivity index (χ4n) is 3.43. The van der Waals surface area contributed by atoms with Crippen LogP contribution < -0.4 is 10.2 Å². The molecule has 1 saturated heterocycles. The van der Waals surface area contributed by atoms with Crippen LogP contribution in [0.3, 0.4) is 0 Å². The van der Waals surface area contributed by atoms with Gasteiger partial charge in [-0.3, -0.25) is 14.8 Å². The predicted octanol–water partition coefficient (Wildman–Crippen LogP) is 4.09. The average molecular weight is 461 g/mol. The van der Waals surface area contributed by atoms with Gasteiger partial charge in [0.15, 0.2) is 0 Å². The largest absolute Gasteiger partial charge is 0.433 e. The van der Waals surface area contributed by atoms with Crippen molar-refractivity contribution in [3.63, 3.8) is 0 Å². The molecular formula is C22H19F4N5O2. The topological polar surface area (TPSA) is 80.2 Å². The molecule has 7 nitrogen and oxygen atoms in total. The average Bonchev–Trinajstić information content (AvgIpc) is 2.81. The number of hydrogen-bond donors (Lipinski definition) is 1. The summed E-state index contributed by atoms with van der Waals surface area (Å²) in [5.41, 5.74) is 1.04. The normalized spacial score (nSPS) is 14.3. The molecule has 0 aliphatic carbocycles. The van der Waals surface area contributed by atoms with E-state index >= 15 is 0 Å². The standard InChI is InChI=1S/C22H19F4N5O2/c1-13-17(15-8-18(20(23)29-11-15)31-4-6-33-7-5-31)10-16(12-28-13)30-21(32)14-2-3-27-19(9-14)22(24,25)26/h2-3,8-12H,4-7H2,1H3,(H,30,32). The SMILES string of the molecule is Cc1ncc(NC(=O)c2ccnc(C(F)(F)F)c2)cc1-c1cnc(F)c(N2CCOCC2)c1. The van der Waals surface area contributed by atoms with Gasteiger partial charge in [-0.15, -0.1) is 0 Å². The molecule has 0 atom stereocenters. The van der Waals surface area contributed by atoms with Gasteiger partial charge in [0.1, 0.15) is 5.69 Å². The number of aromatic nitrogens is 3. The molecule has 3 aromatic heterocycles. The highest BCUT2D eigenvalue weighted by Crippen LogP contribution is 2.30. The summed E-state index contributed by atoms with van der Waals surface area (Å²) in [6, 6.07) is 5.13. The Hall–Kier alpha value is -3.60. The van der Waals surface area contributed by atoms with E-state index in [1.807, 2.05) is 4.90 Å². The Labute approximate surface area is 186 Å². The monoisotopic (exact) mass is 461 g/mol. The van der Waals surface area contributed by atoms with Crippen LogP contribution in [0.2, 0.25) is 0 Å². The highest BCUT2D eigenvalue weighted by molar-refractivity contribution is 6.04. The molecule has 1 amide bonds. The summed E-state index contributed by atoms with van der Waals surface area (Å²) in [6.07, 6.45) is -0.980.